The van der Waals surface area contributed by atoms with Gasteiger partial charge in [0.25, 0.3) is 5.91 Å². The summed E-state index contributed by atoms with van der Waals surface area (Å²) in [5.74, 6) is -0.810. The Balaban J connectivity index is 1.75. The fraction of sp³-hybridized carbons (Fsp3) is 0.111. The van der Waals surface area contributed by atoms with Gasteiger partial charge in [-0.1, -0.05) is 17.7 Å². The van der Waals surface area contributed by atoms with Crippen molar-refractivity contribution in [2.45, 2.75) is 13.3 Å². The first kappa shape index (κ1) is 18.8. The van der Waals surface area contributed by atoms with Crippen LogP contribution in [0.4, 0.5) is 18.9 Å². The molecule has 3 aromatic rings. The summed E-state index contributed by atoms with van der Waals surface area (Å²) in [4.78, 5) is 12.5. The van der Waals surface area contributed by atoms with Crippen LogP contribution in [0, 0.1) is 6.92 Å². The van der Waals surface area contributed by atoms with Crippen molar-refractivity contribution in [2.75, 3.05) is 5.32 Å². The number of rotatable bonds is 4. The number of carbonyl (C=O) groups is 1. The van der Waals surface area contributed by atoms with Gasteiger partial charge in [-0.2, -0.15) is 5.10 Å². The van der Waals surface area contributed by atoms with Gasteiger partial charge < -0.3 is 10.1 Å². The number of hydrogen-bond donors (Lipinski definition) is 1. The Labute approximate surface area is 157 Å². The molecule has 0 fully saturated rings. The van der Waals surface area contributed by atoms with Crippen LogP contribution in [0.5, 0.6) is 5.75 Å². The van der Waals surface area contributed by atoms with E-state index in [-0.39, 0.29) is 5.75 Å². The SMILES string of the molecule is Cc1c(C(=O)Nc2ccc(OC(F)(F)F)cc2)cnn1-c1cccc(Cl)c1. The Bertz CT molecular complexity index is 969. The highest BCUT2D eigenvalue weighted by Crippen LogP contribution is 2.24. The second kappa shape index (κ2) is 7.32. The van der Waals surface area contributed by atoms with Crippen molar-refractivity contribution >= 4 is 23.2 Å². The molecule has 1 amide bonds. The van der Waals surface area contributed by atoms with E-state index >= 15 is 0 Å². The molecule has 1 aromatic heterocycles. The maximum Gasteiger partial charge on any atom is 0.573 e. The predicted molar refractivity (Wildman–Crippen MR) is 94.4 cm³/mol. The normalized spacial score (nSPS) is 11.3. The highest BCUT2D eigenvalue weighted by Gasteiger charge is 2.31. The van der Waals surface area contributed by atoms with Gasteiger partial charge >= 0.3 is 6.36 Å². The number of nitrogens with zero attached hydrogens (tertiary/aromatic N) is 2. The Hall–Kier alpha value is -3.00. The number of anilines is 1. The molecule has 5 nitrogen and oxygen atoms in total. The van der Waals surface area contributed by atoms with E-state index in [2.05, 4.69) is 15.2 Å². The first-order chi connectivity index (χ1) is 12.7. The summed E-state index contributed by atoms with van der Waals surface area (Å²) in [5, 5.41) is 7.34. The highest BCUT2D eigenvalue weighted by molar-refractivity contribution is 6.30. The summed E-state index contributed by atoms with van der Waals surface area (Å²) in [6.07, 6.45) is -3.36. The van der Waals surface area contributed by atoms with E-state index < -0.39 is 12.3 Å². The van der Waals surface area contributed by atoms with Crippen LogP contribution in [0.1, 0.15) is 16.1 Å². The van der Waals surface area contributed by atoms with Crippen molar-refractivity contribution in [3.63, 3.8) is 0 Å². The minimum Gasteiger partial charge on any atom is -0.406 e. The molecule has 0 aliphatic heterocycles. The highest BCUT2D eigenvalue weighted by atomic mass is 35.5. The number of halogens is 4. The molecule has 140 valence electrons. The van der Waals surface area contributed by atoms with E-state index in [0.717, 1.165) is 12.1 Å². The first-order valence-corrected chi connectivity index (χ1v) is 8.08. The molecule has 2 aromatic carbocycles. The van der Waals surface area contributed by atoms with Gasteiger partial charge in [0.2, 0.25) is 0 Å². The topological polar surface area (TPSA) is 56.1 Å². The van der Waals surface area contributed by atoms with E-state index in [1.54, 1.807) is 35.9 Å². The second-order valence-electron chi connectivity index (χ2n) is 5.56. The summed E-state index contributed by atoms with van der Waals surface area (Å²) >= 11 is 5.98. The summed E-state index contributed by atoms with van der Waals surface area (Å²) in [7, 11) is 0. The molecule has 0 spiro atoms. The van der Waals surface area contributed by atoms with E-state index in [9.17, 15) is 18.0 Å². The molecule has 0 saturated heterocycles. The van der Waals surface area contributed by atoms with Gasteiger partial charge in [0.05, 0.1) is 23.1 Å². The van der Waals surface area contributed by atoms with Crippen LogP contribution in [0.3, 0.4) is 0 Å². The van der Waals surface area contributed by atoms with Crippen LogP contribution in [0.2, 0.25) is 5.02 Å². The van der Waals surface area contributed by atoms with Crippen molar-refractivity contribution in [1.29, 1.82) is 0 Å². The second-order valence-corrected chi connectivity index (χ2v) is 6.00. The van der Waals surface area contributed by atoms with Crippen LogP contribution in [0.15, 0.2) is 54.7 Å². The Morgan fingerprint density at radius 2 is 1.89 bits per heavy atom. The minimum atomic E-state index is -4.77. The molecular formula is C18H13ClF3N3O2. The maximum absolute atomic E-state index is 12.5. The number of alkyl halides is 3. The Morgan fingerprint density at radius 1 is 1.19 bits per heavy atom. The molecule has 0 saturated carbocycles. The van der Waals surface area contributed by atoms with Crippen molar-refractivity contribution < 1.29 is 22.7 Å². The molecular weight excluding hydrogens is 383 g/mol. The number of carbonyl (C=O) groups excluding carboxylic acids is 1. The lowest BCUT2D eigenvalue weighted by Crippen LogP contribution is -2.17. The standard InChI is InChI=1S/C18H13ClF3N3O2/c1-11-16(10-23-25(11)14-4-2-3-12(19)9-14)17(26)24-13-5-7-15(8-6-13)27-18(20,21)22/h2-10H,1H3,(H,24,26). The summed E-state index contributed by atoms with van der Waals surface area (Å²) < 4.78 is 41.9. The molecule has 0 bridgehead atoms. The molecule has 3 rings (SSSR count). The fourth-order valence-corrected chi connectivity index (χ4v) is 2.62. The molecule has 27 heavy (non-hydrogen) atoms. The van der Waals surface area contributed by atoms with E-state index in [1.165, 1.54) is 18.3 Å². The smallest absolute Gasteiger partial charge is 0.406 e. The lowest BCUT2D eigenvalue weighted by atomic mass is 10.2. The monoisotopic (exact) mass is 395 g/mol. The average molecular weight is 396 g/mol. The predicted octanol–water partition coefficient (Wildman–Crippen LogP) is 4.99. The zero-order valence-corrected chi connectivity index (χ0v) is 14.7. The van der Waals surface area contributed by atoms with Crippen molar-refractivity contribution in [1.82, 2.24) is 9.78 Å². The van der Waals surface area contributed by atoms with Gasteiger partial charge in [0.1, 0.15) is 5.75 Å². The van der Waals surface area contributed by atoms with Crippen LogP contribution in [-0.2, 0) is 0 Å². The minimum absolute atomic E-state index is 0.324. The van der Waals surface area contributed by atoms with E-state index in [0.29, 0.717) is 27.7 Å². The van der Waals surface area contributed by atoms with Gasteiger partial charge in [-0.3, -0.25) is 4.79 Å². The number of ether oxygens (including phenoxy) is 1. The van der Waals surface area contributed by atoms with Crippen LogP contribution in [-0.4, -0.2) is 22.1 Å². The molecule has 1 heterocycles. The van der Waals surface area contributed by atoms with Crippen LogP contribution < -0.4 is 10.1 Å². The maximum atomic E-state index is 12.5. The average Bonchev–Trinajstić information content (AvgIpc) is 2.97. The number of amides is 1. The van der Waals surface area contributed by atoms with Gasteiger partial charge in [0, 0.05) is 10.7 Å². The molecule has 0 aliphatic carbocycles. The molecule has 0 unspecified atom stereocenters. The van der Waals surface area contributed by atoms with Gasteiger partial charge in [-0.25, -0.2) is 4.68 Å². The summed E-state index contributed by atoms with van der Waals surface area (Å²) in [5.41, 5.74) is 1.94. The Kier molecular flexibility index (Phi) is 5.09. The first-order valence-electron chi connectivity index (χ1n) is 7.71. The van der Waals surface area contributed by atoms with Gasteiger partial charge in [-0.05, 0) is 49.4 Å². The largest absolute Gasteiger partial charge is 0.573 e. The Morgan fingerprint density at radius 3 is 2.52 bits per heavy atom. The van der Waals surface area contributed by atoms with Crippen molar-refractivity contribution in [2.24, 2.45) is 0 Å². The number of aromatic nitrogens is 2. The van der Waals surface area contributed by atoms with Crippen molar-refractivity contribution in [3.05, 3.63) is 71.0 Å². The van der Waals surface area contributed by atoms with Gasteiger partial charge in [-0.15, -0.1) is 13.2 Å². The zero-order valence-electron chi connectivity index (χ0n) is 13.9. The van der Waals surface area contributed by atoms with Crippen LogP contribution >= 0.6 is 11.6 Å². The quantitative estimate of drug-likeness (QED) is 0.677. The van der Waals surface area contributed by atoms with E-state index in [1.807, 2.05) is 0 Å². The fourth-order valence-electron chi connectivity index (χ4n) is 2.44. The molecule has 9 heteroatoms. The lowest BCUT2D eigenvalue weighted by molar-refractivity contribution is -0.274. The van der Waals surface area contributed by atoms with E-state index in [4.69, 9.17) is 11.6 Å². The molecule has 0 radical (unpaired) electrons. The third kappa shape index (κ3) is 4.59. The third-order valence-corrected chi connectivity index (χ3v) is 3.89. The van der Waals surface area contributed by atoms with Crippen LogP contribution in [0.25, 0.3) is 5.69 Å². The number of nitrogens with one attached hydrogen (secondary N) is 1. The number of hydrogen-bond acceptors (Lipinski definition) is 3. The third-order valence-electron chi connectivity index (χ3n) is 3.65. The number of benzene rings is 2. The summed E-state index contributed by atoms with van der Waals surface area (Å²) in [6, 6.07) is 11.9. The zero-order chi connectivity index (χ0) is 19.6. The lowest BCUT2D eigenvalue weighted by Gasteiger charge is -2.10. The molecule has 1 N–H and O–H groups in total. The van der Waals surface area contributed by atoms with Crippen molar-refractivity contribution in [3.8, 4) is 11.4 Å². The summed E-state index contributed by atoms with van der Waals surface area (Å²) in [6.45, 7) is 1.73. The molecule has 0 aliphatic rings. The van der Waals surface area contributed by atoms with Gasteiger partial charge in [0.15, 0.2) is 0 Å². The molecule has 0 atom stereocenters.